The van der Waals surface area contributed by atoms with Gasteiger partial charge in [0.15, 0.2) is 0 Å². The van der Waals surface area contributed by atoms with Crippen molar-refractivity contribution >= 4 is 15.9 Å². The van der Waals surface area contributed by atoms with Crippen LogP contribution in [0.5, 0.6) is 0 Å². The number of aromatic nitrogens is 1. The molecule has 27 heavy (non-hydrogen) atoms. The van der Waals surface area contributed by atoms with Gasteiger partial charge in [-0.15, -0.1) is 0 Å². The smallest absolute Gasteiger partial charge is 0.288 e. The Morgan fingerprint density at radius 3 is 2.48 bits per heavy atom. The summed E-state index contributed by atoms with van der Waals surface area (Å²) >= 11 is 0. The van der Waals surface area contributed by atoms with Gasteiger partial charge in [0.1, 0.15) is 0 Å². The fourth-order valence-electron chi connectivity index (χ4n) is 2.76. The molecule has 1 aromatic heterocycles. The van der Waals surface area contributed by atoms with Gasteiger partial charge in [0.2, 0.25) is 10.0 Å². The third kappa shape index (κ3) is 3.80. The fraction of sp³-hybridized carbons (Fsp3) is 0.250. The quantitative estimate of drug-likeness (QED) is 0.605. The number of fused-ring (bicyclic) bond motifs is 1. The zero-order valence-corrected chi connectivity index (χ0v) is 14.5. The van der Waals surface area contributed by atoms with Gasteiger partial charge in [-0.1, -0.05) is 0 Å². The number of alkyl halides is 3. The first-order valence-electron chi connectivity index (χ1n) is 7.72. The molecule has 1 aromatic carbocycles. The molecule has 0 atom stereocenters. The summed E-state index contributed by atoms with van der Waals surface area (Å²) in [6.45, 7) is 0.0210. The van der Waals surface area contributed by atoms with Crippen molar-refractivity contribution < 1.29 is 31.6 Å². The topological polar surface area (TPSA) is 99.6 Å². The zero-order valence-electron chi connectivity index (χ0n) is 13.7. The Balaban J connectivity index is 1.88. The second-order valence-electron chi connectivity index (χ2n) is 5.88. The van der Waals surface area contributed by atoms with Crippen LogP contribution in [0, 0.1) is 0 Å². The van der Waals surface area contributed by atoms with E-state index in [-0.39, 0.29) is 30.0 Å². The first-order chi connectivity index (χ1) is 12.6. The van der Waals surface area contributed by atoms with E-state index in [2.05, 4.69) is 4.98 Å². The van der Waals surface area contributed by atoms with E-state index in [1.807, 2.05) is 0 Å². The van der Waals surface area contributed by atoms with Crippen molar-refractivity contribution in [3.63, 3.8) is 0 Å². The summed E-state index contributed by atoms with van der Waals surface area (Å²) in [6, 6.07) is 4.69. The number of amides is 1. The summed E-state index contributed by atoms with van der Waals surface area (Å²) in [5.41, 5.74) is 1.69. The number of carbonyl (C=O) groups excluding carboxylic acids is 1. The van der Waals surface area contributed by atoms with E-state index < -0.39 is 27.7 Å². The molecule has 11 heteroatoms. The highest BCUT2D eigenvalue weighted by atomic mass is 32.2. The van der Waals surface area contributed by atoms with Crippen LogP contribution < -0.4 is 5.48 Å². The summed E-state index contributed by atoms with van der Waals surface area (Å²) in [4.78, 5) is 15.3. The molecule has 0 saturated carbocycles. The fourth-order valence-corrected chi connectivity index (χ4v) is 4.18. The Morgan fingerprint density at radius 1 is 1.22 bits per heavy atom. The number of pyridine rings is 1. The average Bonchev–Trinajstić information content (AvgIpc) is 2.65. The maximum absolute atomic E-state index is 12.7. The van der Waals surface area contributed by atoms with Crippen LogP contribution in [0.1, 0.15) is 27.2 Å². The molecule has 144 valence electrons. The molecule has 0 radical (unpaired) electrons. The predicted molar refractivity (Wildman–Crippen MR) is 86.2 cm³/mol. The molecule has 3 rings (SSSR count). The highest BCUT2D eigenvalue weighted by Crippen LogP contribution is 2.31. The second kappa shape index (κ2) is 6.91. The predicted octanol–water partition coefficient (Wildman–Crippen LogP) is 1.97. The number of hydrogen-bond acceptors (Lipinski definition) is 5. The third-order valence-electron chi connectivity index (χ3n) is 4.19. The van der Waals surface area contributed by atoms with E-state index in [0.29, 0.717) is 11.3 Å². The van der Waals surface area contributed by atoms with Crippen LogP contribution in [0.15, 0.2) is 41.4 Å². The molecule has 1 aliphatic heterocycles. The second-order valence-corrected chi connectivity index (χ2v) is 7.82. The first-order valence-corrected chi connectivity index (χ1v) is 9.16. The van der Waals surface area contributed by atoms with E-state index in [4.69, 9.17) is 5.21 Å². The minimum absolute atomic E-state index is 0.0602. The maximum atomic E-state index is 12.7. The summed E-state index contributed by atoms with van der Waals surface area (Å²) in [7, 11) is -4.02. The van der Waals surface area contributed by atoms with Crippen molar-refractivity contribution in [2.75, 3.05) is 6.54 Å². The molecule has 0 bridgehead atoms. The summed E-state index contributed by atoms with van der Waals surface area (Å²) in [5, 5.41) is 8.69. The van der Waals surface area contributed by atoms with Gasteiger partial charge in [-0.3, -0.25) is 15.0 Å². The van der Waals surface area contributed by atoms with Crippen molar-refractivity contribution in [2.24, 2.45) is 0 Å². The van der Waals surface area contributed by atoms with Crippen LogP contribution in [0.25, 0.3) is 0 Å². The summed E-state index contributed by atoms with van der Waals surface area (Å²) in [5.74, 6) is -0.784. The third-order valence-corrected chi connectivity index (χ3v) is 6.05. The van der Waals surface area contributed by atoms with Gasteiger partial charge in [-0.25, -0.2) is 13.9 Å². The number of hydrogen-bond donors (Lipinski definition) is 2. The largest absolute Gasteiger partial charge is 0.416 e. The lowest BCUT2D eigenvalue weighted by atomic mass is 10.1. The Hall–Kier alpha value is -2.50. The van der Waals surface area contributed by atoms with Crippen molar-refractivity contribution in [1.29, 1.82) is 0 Å². The Morgan fingerprint density at radius 2 is 1.89 bits per heavy atom. The minimum atomic E-state index is -4.55. The van der Waals surface area contributed by atoms with Crippen LogP contribution in [0.3, 0.4) is 0 Å². The van der Waals surface area contributed by atoms with Crippen LogP contribution in [-0.2, 0) is 29.2 Å². The van der Waals surface area contributed by atoms with Gasteiger partial charge < -0.3 is 0 Å². The lowest BCUT2D eigenvalue weighted by Gasteiger charge is -2.27. The normalized spacial score (nSPS) is 15.3. The summed E-state index contributed by atoms with van der Waals surface area (Å²) in [6.07, 6.45) is -3.00. The minimum Gasteiger partial charge on any atom is -0.288 e. The molecule has 0 saturated heterocycles. The number of nitrogens with one attached hydrogen (secondary N) is 1. The molecule has 2 aromatic rings. The van der Waals surface area contributed by atoms with Crippen molar-refractivity contribution in [2.45, 2.75) is 24.0 Å². The maximum Gasteiger partial charge on any atom is 0.416 e. The van der Waals surface area contributed by atoms with Gasteiger partial charge in [-0.05, 0) is 35.9 Å². The summed E-state index contributed by atoms with van der Waals surface area (Å²) < 4.78 is 64.5. The number of halogens is 3. The van der Waals surface area contributed by atoms with Crippen molar-refractivity contribution in [1.82, 2.24) is 14.8 Å². The lowest BCUT2D eigenvalue weighted by Crippen LogP contribution is -2.36. The number of benzene rings is 1. The Kier molecular flexibility index (Phi) is 4.93. The Labute approximate surface area is 152 Å². The molecular formula is C16H14F3N3O4S. The number of rotatable bonds is 3. The van der Waals surface area contributed by atoms with Crippen molar-refractivity contribution in [3.05, 3.63) is 58.9 Å². The molecular weight excluding hydrogens is 387 g/mol. The van der Waals surface area contributed by atoms with Crippen molar-refractivity contribution in [3.8, 4) is 0 Å². The first kappa shape index (κ1) is 19.3. The average molecular weight is 401 g/mol. The molecule has 2 heterocycles. The van der Waals surface area contributed by atoms with Gasteiger partial charge in [-0.2, -0.15) is 17.5 Å². The van der Waals surface area contributed by atoms with E-state index >= 15 is 0 Å². The van der Waals surface area contributed by atoms with Crippen LogP contribution in [0.4, 0.5) is 13.2 Å². The van der Waals surface area contributed by atoms with Crippen LogP contribution in [0.2, 0.25) is 0 Å². The molecule has 7 nitrogen and oxygen atoms in total. The van der Waals surface area contributed by atoms with E-state index in [1.165, 1.54) is 17.7 Å². The van der Waals surface area contributed by atoms with Gasteiger partial charge in [0, 0.05) is 31.4 Å². The highest BCUT2D eigenvalue weighted by molar-refractivity contribution is 7.89. The molecule has 0 aliphatic carbocycles. The van der Waals surface area contributed by atoms with E-state index in [9.17, 15) is 26.4 Å². The molecule has 0 spiro atoms. The molecule has 0 fully saturated rings. The number of nitrogens with zero attached hydrogens (tertiary/aromatic N) is 2. The highest BCUT2D eigenvalue weighted by Gasteiger charge is 2.33. The molecule has 1 amide bonds. The zero-order chi connectivity index (χ0) is 19.8. The van der Waals surface area contributed by atoms with Gasteiger partial charge >= 0.3 is 6.18 Å². The van der Waals surface area contributed by atoms with E-state index in [1.54, 1.807) is 0 Å². The standard InChI is InChI=1S/C16H14F3N3O4S/c17-16(18,19)12-1-3-13(4-2-12)27(25,26)22-6-5-14-11(9-22)7-10(8-20-14)15(23)21-24/h1-4,7-8,24H,5-6,9H2,(H,21,23). The molecule has 2 N–H and O–H groups in total. The van der Waals surface area contributed by atoms with Crippen LogP contribution >= 0.6 is 0 Å². The molecule has 0 unspecified atom stereocenters. The Bertz CT molecular complexity index is 975. The SMILES string of the molecule is O=C(NO)c1cnc2c(c1)CN(S(=O)(=O)c1ccc(C(F)(F)F)cc1)CC2. The van der Waals surface area contributed by atoms with E-state index in [0.717, 1.165) is 28.6 Å². The van der Waals surface area contributed by atoms with Gasteiger partial charge in [0.05, 0.1) is 16.0 Å². The van der Waals surface area contributed by atoms with Crippen LogP contribution in [-0.4, -0.2) is 35.4 Å². The number of hydroxylamine groups is 1. The number of carbonyl (C=O) groups is 1. The monoisotopic (exact) mass is 401 g/mol. The lowest BCUT2D eigenvalue weighted by molar-refractivity contribution is -0.137. The van der Waals surface area contributed by atoms with Gasteiger partial charge in [0.25, 0.3) is 5.91 Å². The molecule has 1 aliphatic rings. The number of sulfonamides is 1.